The van der Waals surface area contributed by atoms with Crippen LogP contribution in [-0.2, 0) is 0 Å². The van der Waals surface area contributed by atoms with Crippen LogP contribution >= 0.6 is 34.5 Å². The highest BCUT2D eigenvalue weighted by Gasteiger charge is 2.11. The van der Waals surface area contributed by atoms with Crippen molar-refractivity contribution in [2.75, 3.05) is 6.54 Å². The molecule has 0 aliphatic heterocycles. The molecule has 3 rings (SSSR count). The van der Waals surface area contributed by atoms with E-state index in [0.717, 1.165) is 21.6 Å². The van der Waals surface area contributed by atoms with E-state index in [1.807, 2.05) is 36.6 Å². The van der Waals surface area contributed by atoms with Gasteiger partial charge in [0.1, 0.15) is 0 Å². The second-order valence-electron chi connectivity index (χ2n) is 4.84. The van der Waals surface area contributed by atoms with E-state index in [9.17, 15) is 0 Å². The third-order valence-electron chi connectivity index (χ3n) is 3.21. The molecule has 24 heavy (non-hydrogen) atoms. The number of thiazole rings is 1. The Kier molecular flexibility index (Phi) is 5.45. The minimum absolute atomic E-state index is 0.580. The first-order valence-corrected chi connectivity index (χ1v) is 8.93. The van der Waals surface area contributed by atoms with Crippen molar-refractivity contribution in [2.24, 2.45) is 10.1 Å². The predicted molar refractivity (Wildman–Crippen MR) is 101 cm³/mol. The van der Waals surface area contributed by atoms with Crippen molar-refractivity contribution < 1.29 is 0 Å². The van der Waals surface area contributed by atoms with Gasteiger partial charge < -0.3 is 0 Å². The van der Waals surface area contributed by atoms with Gasteiger partial charge in [0.25, 0.3) is 0 Å². The molecule has 0 amide bonds. The molecule has 0 fully saturated rings. The topological polar surface area (TPSA) is 42.5 Å². The number of aromatic nitrogens is 2. The molecule has 0 saturated heterocycles. The van der Waals surface area contributed by atoms with Crippen molar-refractivity contribution in [3.63, 3.8) is 0 Å². The van der Waals surface area contributed by atoms with Crippen LogP contribution in [0.15, 0.2) is 58.2 Å². The van der Waals surface area contributed by atoms with Gasteiger partial charge in [-0.1, -0.05) is 23.2 Å². The summed E-state index contributed by atoms with van der Waals surface area (Å²) >= 11 is 13.9. The zero-order chi connectivity index (χ0) is 16.9. The Morgan fingerprint density at radius 3 is 2.71 bits per heavy atom. The molecule has 0 unspecified atom stereocenters. The van der Waals surface area contributed by atoms with Crippen LogP contribution in [0, 0.1) is 0 Å². The number of pyridine rings is 1. The fourth-order valence-electron chi connectivity index (χ4n) is 2.11. The SMILES string of the molecule is CCN=c1scc(-c2ccc(Cl)cc2Cl)n1N=Cc1ccncc1. The molecule has 2 aromatic heterocycles. The smallest absolute Gasteiger partial charge is 0.206 e. The lowest BCUT2D eigenvalue weighted by atomic mass is 10.2. The summed E-state index contributed by atoms with van der Waals surface area (Å²) in [5.41, 5.74) is 2.69. The number of hydrogen-bond acceptors (Lipinski definition) is 4. The Morgan fingerprint density at radius 1 is 1.21 bits per heavy atom. The molecule has 0 radical (unpaired) electrons. The largest absolute Gasteiger partial charge is 0.265 e. The van der Waals surface area contributed by atoms with E-state index in [1.165, 1.54) is 11.3 Å². The highest BCUT2D eigenvalue weighted by Crippen LogP contribution is 2.30. The molecule has 0 aliphatic rings. The molecule has 0 aliphatic carbocycles. The van der Waals surface area contributed by atoms with Crippen molar-refractivity contribution >= 4 is 40.8 Å². The molecule has 0 N–H and O–H groups in total. The molecule has 3 aromatic rings. The van der Waals surface area contributed by atoms with Gasteiger partial charge in [0.2, 0.25) is 4.80 Å². The van der Waals surface area contributed by atoms with Crippen LogP contribution in [0.4, 0.5) is 0 Å². The maximum atomic E-state index is 6.36. The average Bonchev–Trinajstić information content (AvgIpc) is 2.97. The van der Waals surface area contributed by atoms with Gasteiger partial charge in [0, 0.05) is 34.9 Å². The summed E-state index contributed by atoms with van der Waals surface area (Å²) in [4.78, 5) is 9.32. The minimum atomic E-state index is 0.580. The maximum absolute atomic E-state index is 6.36. The van der Waals surface area contributed by atoms with E-state index < -0.39 is 0 Å². The van der Waals surface area contributed by atoms with Gasteiger partial charge in [-0.15, -0.1) is 11.3 Å². The van der Waals surface area contributed by atoms with Crippen LogP contribution in [0.5, 0.6) is 0 Å². The molecular weight excluding hydrogens is 363 g/mol. The Bertz CT molecular complexity index is 929. The quantitative estimate of drug-likeness (QED) is 0.607. The van der Waals surface area contributed by atoms with E-state index in [4.69, 9.17) is 23.2 Å². The van der Waals surface area contributed by atoms with E-state index in [1.54, 1.807) is 29.4 Å². The van der Waals surface area contributed by atoms with Crippen LogP contribution in [0.25, 0.3) is 11.3 Å². The highest BCUT2D eigenvalue weighted by molar-refractivity contribution is 7.07. The van der Waals surface area contributed by atoms with Crippen molar-refractivity contribution in [3.8, 4) is 11.3 Å². The summed E-state index contributed by atoms with van der Waals surface area (Å²) < 4.78 is 1.80. The first-order valence-electron chi connectivity index (χ1n) is 7.30. The lowest BCUT2D eigenvalue weighted by Crippen LogP contribution is -2.12. The zero-order valence-corrected chi connectivity index (χ0v) is 15.2. The monoisotopic (exact) mass is 376 g/mol. The van der Waals surface area contributed by atoms with Crippen LogP contribution < -0.4 is 4.80 Å². The molecule has 0 bridgehead atoms. The number of nitrogens with zero attached hydrogens (tertiary/aromatic N) is 4. The van der Waals surface area contributed by atoms with Gasteiger partial charge in [-0.05, 0) is 42.8 Å². The fraction of sp³-hybridized carbons (Fsp3) is 0.118. The molecule has 0 spiro atoms. The molecule has 122 valence electrons. The van der Waals surface area contributed by atoms with Gasteiger partial charge in [0.15, 0.2) is 0 Å². The minimum Gasteiger partial charge on any atom is -0.265 e. The first kappa shape index (κ1) is 16.9. The number of benzene rings is 1. The molecule has 4 nitrogen and oxygen atoms in total. The summed E-state index contributed by atoms with van der Waals surface area (Å²) in [5.74, 6) is 0. The lowest BCUT2D eigenvalue weighted by molar-refractivity contribution is 0.833. The van der Waals surface area contributed by atoms with E-state index in [0.29, 0.717) is 16.6 Å². The Morgan fingerprint density at radius 2 is 2.00 bits per heavy atom. The third-order valence-corrected chi connectivity index (χ3v) is 4.62. The fourth-order valence-corrected chi connectivity index (χ4v) is 3.51. The lowest BCUT2D eigenvalue weighted by Gasteiger charge is -2.06. The Labute approximate surface area is 153 Å². The van der Waals surface area contributed by atoms with Crippen LogP contribution in [0.2, 0.25) is 10.0 Å². The zero-order valence-electron chi connectivity index (χ0n) is 12.9. The summed E-state index contributed by atoms with van der Waals surface area (Å²) in [6.45, 7) is 2.67. The second kappa shape index (κ2) is 7.75. The average molecular weight is 377 g/mol. The summed E-state index contributed by atoms with van der Waals surface area (Å²) in [6.07, 6.45) is 5.23. The second-order valence-corrected chi connectivity index (χ2v) is 6.52. The Hall–Kier alpha value is -1.95. The standard InChI is InChI=1S/C17H14Cl2N4S/c1-2-21-17-23(22-10-12-5-7-20-8-6-12)16(11-24-17)14-4-3-13(18)9-15(14)19/h3-11H,2H2,1H3. The van der Waals surface area contributed by atoms with E-state index in [2.05, 4.69) is 15.1 Å². The summed E-state index contributed by atoms with van der Waals surface area (Å²) in [5, 5.41) is 7.76. The molecule has 0 saturated carbocycles. The molecule has 0 atom stereocenters. The predicted octanol–water partition coefficient (Wildman–Crippen LogP) is 4.72. The first-order chi connectivity index (χ1) is 11.7. The van der Waals surface area contributed by atoms with Crippen molar-refractivity contribution in [1.82, 2.24) is 9.66 Å². The molecule has 2 heterocycles. The van der Waals surface area contributed by atoms with Crippen LogP contribution in [-0.4, -0.2) is 22.4 Å². The maximum Gasteiger partial charge on any atom is 0.206 e. The third kappa shape index (κ3) is 3.75. The van der Waals surface area contributed by atoms with Crippen LogP contribution in [0.1, 0.15) is 12.5 Å². The van der Waals surface area contributed by atoms with Crippen molar-refractivity contribution in [1.29, 1.82) is 0 Å². The summed E-state index contributed by atoms with van der Waals surface area (Å²) in [7, 11) is 0. The Balaban J connectivity index is 2.11. The highest BCUT2D eigenvalue weighted by atomic mass is 35.5. The van der Waals surface area contributed by atoms with Crippen LogP contribution in [0.3, 0.4) is 0 Å². The number of halogens is 2. The van der Waals surface area contributed by atoms with Crippen molar-refractivity contribution in [2.45, 2.75) is 6.92 Å². The molecular formula is C17H14Cl2N4S. The van der Waals surface area contributed by atoms with E-state index in [-0.39, 0.29) is 0 Å². The van der Waals surface area contributed by atoms with Gasteiger partial charge in [0.05, 0.1) is 16.9 Å². The van der Waals surface area contributed by atoms with Gasteiger partial charge in [-0.25, -0.2) is 4.68 Å². The van der Waals surface area contributed by atoms with Crippen molar-refractivity contribution in [3.05, 3.63) is 68.5 Å². The van der Waals surface area contributed by atoms with Gasteiger partial charge in [-0.2, -0.15) is 5.10 Å². The van der Waals surface area contributed by atoms with E-state index >= 15 is 0 Å². The normalized spacial score (nSPS) is 12.2. The number of rotatable bonds is 4. The van der Waals surface area contributed by atoms with Gasteiger partial charge >= 0.3 is 0 Å². The molecule has 7 heteroatoms. The van der Waals surface area contributed by atoms with Gasteiger partial charge in [-0.3, -0.25) is 9.98 Å². The number of hydrogen-bond donors (Lipinski definition) is 0. The summed E-state index contributed by atoms with van der Waals surface area (Å²) in [6, 6.07) is 9.21. The molecule has 1 aromatic carbocycles.